The molecule has 1 aromatic rings. The monoisotopic (exact) mass is 330 g/mol. The first-order chi connectivity index (χ1) is 11.6. The van der Waals surface area contributed by atoms with E-state index in [1.165, 1.54) is 5.56 Å². The maximum atomic E-state index is 12.8. The van der Waals surface area contributed by atoms with Gasteiger partial charge in [-0.2, -0.15) is 0 Å². The summed E-state index contributed by atoms with van der Waals surface area (Å²) in [5.41, 5.74) is 1.28. The number of nitrogens with one attached hydrogen (secondary N) is 1. The molecule has 3 atom stereocenters. The third-order valence-electron chi connectivity index (χ3n) is 5.30. The van der Waals surface area contributed by atoms with Gasteiger partial charge >= 0.3 is 0 Å². The molecule has 1 amide bonds. The topological polar surface area (TPSA) is 41.6 Å². The fourth-order valence-corrected chi connectivity index (χ4v) is 3.85. The van der Waals surface area contributed by atoms with E-state index in [4.69, 9.17) is 4.74 Å². The number of hydrogen-bond donors (Lipinski definition) is 1. The van der Waals surface area contributed by atoms with Gasteiger partial charge in [-0.05, 0) is 43.7 Å². The molecule has 4 heteroatoms. The second kappa shape index (κ2) is 8.13. The van der Waals surface area contributed by atoms with Gasteiger partial charge in [0.15, 0.2) is 0 Å². The smallest absolute Gasteiger partial charge is 0.237 e. The molecule has 24 heavy (non-hydrogen) atoms. The average Bonchev–Trinajstić information content (AvgIpc) is 3.04. The van der Waals surface area contributed by atoms with Crippen molar-refractivity contribution in [3.63, 3.8) is 0 Å². The van der Waals surface area contributed by atoms with Crippen LogP contribution in [0.1, 0.15) is 45.1 Å². The molecule has 0 unspecified atom stereocenters. The van der Waals surface area contributed by atoms with Crippen molar-refractivity contribution in [1.82, 2.24) is 10.2 Å². The van der Waals surface area contributed by atoms with E-state index >= 15 is 0 Å². The standard InChI is InChI=1S/C20H30N2O2/c1-15(2)19-13-17(10-12-24-19)21-20(23)18-9-6-11-22(18)14-16-7-4-3-5-8-16/h3-5,7-8,15,17-19H,6,9-14H2,1-2H3,(H,21,23)/t17-,18-,19-/m0/s1. The normalized spacial score (nSPS) is 28.2. The lowest BCUT2D eigenvalue weighted by atomic mass is 9.95. The van der Waals surface area contributed by atoms with Crippen molar-refractivity contribution in [2.24, 2.45) is 5.92 Å². The summed E-state index contributed by atoms with van der Waals surface area (Å²) < 4.78 is 5.82. The number of hydrogen-bond acceptors (Lipinski definition) is 3. The highest BCUT2D eigenvalue weighted by Gasteiger charge is 2.33. The summed E-state index contributed by atoms with van der Waals surface area (Å²) in [5.74, 6) is 0.712. The summed E-state index contributed by atoms with van der Waals surface area (Å²) in [6, 6.07) is 10.7. The fourth-order valence-electron chi connectivity index (χ4n) is 3.85. The second-order valence-electron chi connectivity index (χ2n) is 7.50. The van der Waals surface area contributed by atoms with Gasteiger partial charge in [0.2, 0.25) is 5.91 Å². The Bertz CT molecular complexity index is 532. The zero-order valence-corrected chi connectivity index (χ0v) is 14.9. The van der Waals surface area contributed by atoms with Crippen LogP contribution >= 0.6 is 0 Å². The van der Waals surface area contributed by atoms with Gasteiger partial charge in [0.1, 0.15) is 0 Å². The number of likely N-dealkylation sites (tertiary alicyclic amines) is 1. The lowest BCUT2D eigenvalue weighted by Crippen LogP contribution is -2.49. The van der Waals surface area contributed by atoms with E-state index in [1.54, 1.807) is 0 Å². The second-order valence-corrected chi connectivity index (χ2v) is 7.50. The van der Waals surface area contributed by atoms with Gasteiger partial charge in [-0.15, -0.1) is 0 Å². The van der Waals surface area contributed by atoms with Crippen molar-refractivity contribution >= 4 is 5.91 Å². The molecule has 3 rings (SSSR count). The van der Waals surface area contributed by atoms with Crippen LogP contribution < -0.4 is 5.32 Å². The Morgan fingerprint density at radius 2 is 2.08 bits per heavy atom. The van der Waals surface area contributed by atoms with Crippen molar-refractivity contribution in [3.8, 4) is 0 Å². The predicted molar refractivity (Wildman–Crippen MR) is 95.6 cm³/mol. The van der Waals surface area contributed by atoms with E-state index in [0.29, 0.717) is 5.92 Å². The quantitative estimate of drug-likeness (QED) is 0.902. The van der Waals surface area contributed by atoms with Crippen LogP contribution in [0.5, 0.6) is 0 Å². The lowest BCUT2D eigenvalue weighted by Gasteiger charge is -2.33. The van der Waals surface area contributed by atoms with Crippen LogP contribution in [0.15, 0.2) is 30.3 Å². The Balaban J connectivity index is 1.55. The van der Waals surface area contributed by atoms with Crippen LogP contribution in [-0.4, -0.2) is 42.1 Å². The van der Waals surface area contributed by atoms with Crippen molar-refractivity contribution < 1.29 is 9.53 Å². The van der Waals surface area contributed by atoms with Crippen LogP contribution in [0.4, 0.5) is 0 Å². The Kier molecular flexibility index (Phi) is 5.90. The number of ether oxygens (including phenoxy) is 1. The molecule has 0 radical (unpaired) electrons. The van der Waals surface area contributed by atoms with Gasteiger partial charge in [0.25, 0.3) is 0 Å². The molecule has 2 heterocycles. The Hall–Kier alpha value is -1.39. The van der Waals surface area contributed by atoms with Gasteiger partial charge in [-0.3, -0.25) is 9.69 Å². The molecular formula is C20H30N2O2. The van der Waals surface area contributed by atoms with Crippen molar-refractivity contribution in [3.05, 3.63) is 35.9 Å². The molecule has 2 fully saturated rings. The molecular weight excluding hydrogens is 300 g/mol. The zero-order valence-electron chi connectivity index (χ0n) is 14.9. The molecule has 1 N–H and O–H groups in total. The van der Waals surface area contributed by atoms with Gasteiger partial charge in [0, 0.05) is 19.2 Å². The molecule has 0 spiro atoms. The first kappa shape index (κ1) is 17.4. The number of nitrogens with zero attached hydrogens (tertiary/aromatic N) is 1. The Morgan fingerprint density at radius 3 is 2.83 bits per heavy atom. The minimum absolute atomic E-state index is 0.0190. The molecule has 0 saturated carbocycles. The van der Waals surface area contributed by atoms with E-state index in [2.05, 4.69) is 48.3 Å². The van der Waals surface area contributed by atoms with E-state index in [-0.39, 0.29) is 24.1 Å². The predicted octanol–water partition coefficient (Wildman–Crippen LogP) is 2.97. The minimum Gasteiger partial charge on any atom is -0.378 e. The SMILES string of the molecule is CC(C)[C@@H]1C[C@@H](NC(=O)[C@@H]2CCCN2Cc2ccccc2)CCO1. The third-order valence-corrected chi connectivity index (χ3v) is 5.30. The lowest BCUT2D eigenvalue weighted by molar-refractivity contribution is -0.127. The summed E-state index contributed by atoms with van der Waals surface area (Å²) in [4.78, 5) is 15.1. The van der Waals surface area contributed by atoms with E-state index in [1.807, 2.05) is 6.07 Å². The molecule has 0 aromatic heterocycles. The summed E-state index contributed by atoms with van der Waals surface area (Å²) >= 11 is 0. The molecule has 2 aliphatic heterocycles. The van der Waals surface area contributed by atoms with Crippen molar-refractivity contribution in [2.75, 3.05) is 13.2 Å². The van der Waals surface area contributed by atoms with E-state index in [9.17, 15) is 4.79 Å². The van der Waals surface area contributed by atoms with E-state index < -0.39 is 0 Å². The number of carbonyl (C=O) groups is 1. The number of carbonyl (C=O) groups excluding carboxylic acids is 1. The van der Waals surface area contributed by atoms with Crippen molar-refractivity contribution in [2.45, 2.75) is 64.3 Å². The maximum Gasteiger partial charge on any atom is 0.237 e. The summed E-state index contributed by atoms with van der Waals surface area (Å²) in [6.45, 7) is 7.00. The van der Waals surface area contributed by atoms with Crippen molar-refractivity contribution in [1.29, 1.82) is 0 Å². The maximum absolute atomic E-state index is 12.8. The minimum atomic E-state index is 0.0190. The third kappa shape index (κ3) is 4.37. The summed E-state index contributed by atoms with van der Waals surface area (Å²) in [5, 5.41) is 3.30. The highest BCUT2D eigenvalue weighted by molar-refractivity contribution is 5.82. The Labute approximate surface area is 145 Å². The largest absolute Gasteiger partial charge is 0.378 e. The molecule has 2 aliphatic rings. The zero-order chi connectivity index (χ0) is 16.9. The van der Waals surface area contributed by atoms with Crippen LogP contribution in [-0.2, 0) is 16.1 Å². The molecule has 1 aromatic carbocycles. The van der Waals surface area contributed by atoms with Crippen LogP contribution in [0.2, 0.25) is 0 Å². The van der Waals surface area contributed by atoms with Gasteiger partial charge in [-0.1, -0.05) is 44.2 Å². The molecule has 2 saturated heterocycles. The molecule has 0 aliphatic carbocycles. The number of rotatable bonds is 5. The van der Waals surface area contributed by atoms with Gasteiger partial charge in [0.05, 0.1) is 12.1 Å². The molecule has 0 bridgehead atoms. The molecule has 4 nitrogen and oxygen atoms in total. The van der Waals surface area contributed by atoms with Gasteiger partial charge < -0.3 is 10.1 Å². The van der Waals surface area contributed by atoms with Crippen LogP contribution in [0.3, 0.4) is 0 Å². The highest BCUT2D eigenvalue weighted by atomic mass is 16.5. The van der Waals surface area contributed by atoms with E-state index in [0.717, 1.165) is 45.4 Å². The summed E-state index contributed by atoms with van der Waals surface area (Å²) in [7, 11) is 0. The fraction of sp³-hybridized carbons (Fsp3) is 0.650. The number of amides is 1. The van der Waals surface area contributed by atoms with Crippen LogP contribution in [0, 0.1) is 5.92 Å². The Morgan fingerprint density at radius 1 is 1.29 bits per heavy atom. The molecule has 132 valence electrons. The highest BCUT2D eigenvalue weighted by Crippen LogP contribution is 2.23. The number of benzene rings is 1. The first-order valence-electron chi connectivity index (χ1n) is 9.33. The summed E-state index contributed by atoms with van der Waals surface area (Å²) in [6.07, 6.45) is 4.21. The average molecular weight is 330 g/mol. The first-order valence-corrected chi connectivity index (χ1v) is 9.33. The van der Waals surface area contributed by atoms with Gasteiger partial charge in [-0.25, -0.2) is 0 Å². The van der Waals surface area contributed by atoms with Crippen LogP contribution in [0.25, 0.3) is 0 Å².